The first-order chi connectivity index (χ1) is 8.86. The highest BCUT2D eigenvalue weighted by Gasteiger charge is 2.31. The van der Waals surface area contributed by atoms with Gasteiger partial charge >= 0.3 is 6.18 Å². The topological polar surface area (TPSA) is 15.3 Å². The van der Waals surface area contributed by atoms with Crippen LogP contribution >= 0.6 is 0 Å². The normalized spacial score (nSPS) is 21.6. The molecule has 0 amide bonds. The maximum absolute atomic E-state index is 13.3. The largest absolute Gasteiger partial charge is 0.416 e. The maximum Gasteiger partial charge on any atom is 0.416 e. The molecule has 106 valence electrons. The summed E-state index contributed by atoms with van der Waals surface area (Å²) in [6, 6.07) is 2.96. The first kappa shape index (κ1) is 14.3. The Balaban J connectivity index is 2.18. The zero-order chi connectivity index (χ0) is 14.0. The van der Waals surface area contributed by atoms with Crippen molar-refractivity contribution >= 4 is 0 Å². The Labute approximate surface area is 109 Å². The van der Waals surface area contributed by atoms with Gasteiger partial charge in [0.25, 0.3) is 0 Å². The summed E-state index contributed by atoms with van der Waals surface area (Å²) in [5.74, 6) is -0.840. The van der Waals surface area contributed by atoms with E-state index in [0.29, 0.717) is 18.2 Å². The summed E-state index contributed by atoms with van der Waals surface area (Å²) in [7, 11) is 0. The highest BCUT2D eigenvalue weighted by molar-refractivity contribution is 5.27. The highest BCUT2D eigenvalue weighted by Crippen LogP contribution is 2.30. The van der Waals surface area contributed by atoms with Crippen LogP contribution in [0.4, 0.5) is 17.6 Å². The van der Waals surface area contributed by atoms with E-state index in [9.17, 15) is 17.6 Å². The Morgan fingerprint density at radius 2 is 2.05 bits per heavy atom. The van der Waals surface area contributed by atoms with Crippen molar-refractivity contribution in [2.75, 3.05) is 19.6 Å². The van der Waals surface area contributed by atoms with Crippen LogP contribution in [0.2, 0.25) is 0 Å². The number of rotatable bonds is 2. The molecule has 0 radical (unpaired) electrons. The van der Waals surface area contributed by atoms with E-state index < -0.39 is 17.6 Å². The summed E-state index contributed by atoms with van der Waals surface area (Å²) in [5.41, 5.74) is -0.564. The van der Waals surface area contributed by atoms with Crippen molar-refractivity contribution in [3.8, 4) is 0 Å². The second-order valence-corrected chi connectivity index (χ2v) is 4.87. The van der Waals surface area contributed by atoms with E-state index in [2.05, 4.69) is 5.32 Å². The summed E-state index contributed by atoms with van der Waals surface area (Å²) >= 11 is 0. The number of hydrogen-bond donors (Lipinski definition) is 1. The van der Waals surface area contributed by atoms with E-state index in [0.717, 1.165) is 25.7 Å². The number of alkyl halides is 3. The van der Waals surface area contributed by atoms with Gasteiger partial charge in [-0.1, -0.05) is 0 Å². The first-order valence-corrected chi connectivity index (χ1v) is 6.17. The zero-order valence-corrected chi connectivity index (χ0v) is 10.6. The molecule has 1 aliphatic heterocycles. The standard InChI is InChI=1S/C13H16F4N2/c1-9-7-18-2-3-19(9)8-10-4-11(13(15,16)17)6-12(14)5-10/h4-6,9,18H,2-3,7-8H2,1H3/t9-/m0/s1. The lowest BCUT2D eigenvalue weighted by molar-refractivity contribution is -0.137. The van der Waals surface area contributed by atoms with E-state index in [1.807, 2.05) is 11.8 Å². The van der Waals surface area contributed by atoms with Crippen LogP contribution in [0.3, 0.4) is 0 Å². The van der Waals surface area contributed by atoms with Gasteiger partial charge in [-0.2, -0.15) is 13.2 Å². The molecule has 0 aromatic heterocycles. The Morgan fingerprint density at radius 1 is 1.32 bits per heavy atom. The SMILES string of the molecule is C[C@H]1CNCCN1Cc1cc(F)cc(C(F)(F)F)c1. The zero-order valence-electron chi connectivity index (χ0n) is 10.6. The third-order valence-corrected chi connectivity index (χ3v) is 3.31. The minimum absolute atomic E-state index is 0.228. The van der Waals surface area contributed by atoms with Crippen LogP contribution < -0.4 is 5.32 Å². The van der Waals surface area contributed by atoms with Crippen molar-refractivity contribution in [1.29, 1.82) is 0 Å². The van der Waals surface area contributed by atoms with Gasteiger partial charge in [0, 0.05) is 32.2 Å². The molecule has 2 nitrogen and oxygen atoms in total. The highest BCUT2D eigenvalue weighted by atomic mass is 19.4. The smallest absolute Gasteiger partial charge is 0.314 e. The average molecular weight is 276 g/mol. The number of nitrogens with zero attached hydrogens (tertiary/aromatic N) is 1. The summed E-state index contributed by atoms with van der Waals surface area (Å²) in [6.45, 7) is 4.67. The maximum atomic E-state index is 13.3. The second kappa shape index (κ2) is 5.46. The number of hydrogen-bond acceptors (Lipinski definition) is 2. The van der Waals surface area contributed by atoms with E-state index in [4.69, 9.17) is 0 Å². The molecule has 0 unspecified atom stereocenters. The predicted molar refractivity (Wildman–Crippen MR) is 64.1 cm³/mol. The molecule has 1 aliphatic rings. The summed E-state index contributed by atoms with van der Waals surface area (Å²) in [4.78, 5) is 2.05. The molecule has 0 saturated carbocycles. The summed E-state index contributed by atoms with van der Waals surface area (Å²) in [6.07, 6.45) is -4.51. The van der Waals surface area contributed by atoms with Gasteiger partial charge in [-0.3, -0.25) is 4.90 Å². The molecular formula is C13H16F4N2. The van der Waals surface area contributed by atoms with E-state index in [1.165, 1.54) is 6.07 Å². The van der Waals surface area contributed by atoms with E-state index >= 15 is 0 Å². The van der Waals surface area contributed by atoms with E-state index in [1.54, 1.807) is 0 Å². The van der Waals surface area contributed by atoms with Crippen molar-refractivity contribution in [2.45, 2.75) is 25.7 Å². The van der Waals surface area contributed by atoms with Gasteiger partial charge in [0.2, 0.25) is 0 Å². The second-order valence-electron chi connectivity index (χ2n) is 4.87. The van der Waals surface area contributed by atoms with Crippen molar-refractivity contribution < 1.29 is 17.6 Å². The van der Waals surface area contributed by atoms with Crippen LogP contribution in [0.1, 0.15) is 18.1 Å². The number of benzene rings is 1. The molecule has 1 atom stereocenters. The quantitative estimate of drug-likeness (QED) is 0.835. The van der Waals surface area contributed by atoms with Gasteiger partial charge in [0.15, 0.2) is 0 Å². The lowest BCUT2D eigenvalue weighted by Gasteiger charge is -2.34. The van der Waals surface area contributed by atoms with Crippen molar-refractivity contribution in [3.63, 3.8) is 0 Å². The molecule has 1 aromatic carbocycles. The monoisotopic (exact) mass is 276 g/mol. The van der Waals surface area contributed by atoms with Crippen molar-refractivity contribution in [3.05, 3.63) is 35.1 Å². The summed E-state index contributed by atoms with van der Waals surface area (Å²) < 4.78 is 51.1. The third-order valence-electron chi connectivity index (χ3n) is 3.31. The molecule has 0 bridgehead atoms. The minimum atomic E-state index is -4.51. The Kier molecular flexibility index (Phi) is 4.10. The van der Waals surface area contributed by atoms with Crippen LogP contribution in [-0.2, 0) is 12.7 Å². The molecule has 19 heavy (non-hydrogen) atoms. The fourth-order valence-corrected chi connectivity index (χ4v) is 2.26. The molecule has 1 fully saturated rings. The Bertz CT molecular complexity index is 445. The van der Waals surface area contributed by atoms with Crippen LogP contribution in [-0.4, -0.2) is 30.6 Å². The minimum Gasteiger partial charge on any atom is -0.314 e. The van der Waals surface area contributed by atoms with Crippen LogP contribution in [0, 0.1) is 5.82 Å². The predicted octanol–water partition coefficient (Wildman–Crippen LogP) is 2.64. The molecule has 1 N–H and O–H groups in total. The van der Waals surface area contributed by atoms with Gasteiger partial charge in [0.1, 0.15) is 5.82 Å². The van der Waals surface area contributed by atoms with Crippen molar-refractivity contribution in [1.82, 2.24) is 10.2 Å². The molecule has 1 heterocycles. The fourth-order valence-electron chi connectivity index (χ4n) is 2.26. The molecule has 1 saturated heterocycles. The molecule has 0 aliphatic carbocycles. The van der Waals surface area contributed by atoms with E-state index in [-0.39, 0.29) is 6.04 Å². The lowest BCUT2D eigenvalue weighted by atomic mass is 10.1. The average Bonchev–Trinajstić information content (AvgIpc) is 2.30. The number of piperazine rings is 1. The molecule has 6 heteroatoms. The number of nitrogens with one attached hydrogen (secondary N) is 1. The Morgan fingerprint density at radius 3 is 2.68 bits per heavy atom. The van der Waals surface area contributed by atoms with Gasteiger partial charge in [-0.05, 0) is 30.7 Å². The number of halogens is 4. The fraction of sp³-hybridized carbons (Fsp3) is 0.538. The first-order valence-electron chi connectivity index (χ1n) is 6.17. The van der Waals surface area contributed by atoms with Crippen molar-refractivity contribution in [2.24, 2.45) is 0 Å². The van der Waals surface area contributed by atoms with Gasteiger partial charge < -0.3 is 5.32 Å². The lowest BCUT2D eigenvalue weighted by Crippen LogP contribution is -2.49. The molecule has 2 rings (SSSR count). The molecular weight excluding hydrogens is 260 g/mol. The van der Waals surface area contributed by atoms with Gasteiger partial charge in [-0.25, -0.2) is 4.39 Å². The van der Waals surface area contributed by atoms with Gasteiger partial charge in [0.05, 0.1) is 5.56 Å². The van der Waals surface area contributed by atoms with Gasteiger partial charge in [-0.15, -0.1) is 0 Å². The Hall–Kier alpha value is -1.14. The van der Waals surface area contributed by atoms with Crippen LogP contribution in [0.25, 0.3) is 0 Å². The molecule has 1 aromatic rings. The third kappa shape index (κ3) is 3.67. The van der Waals surface area contributed by atoms with Crippen LogP contribution in [0.5, 0.6) is 0 Å². The van der Waals surface area contributed by atoms with Crippen LogP contribution in [0.15, 0.2) is 18.2 Å². The summed E-state index contributed by atoms with van der Waals surface area (Å²) in [5, 5.41) is 3.20. The molecule has 0 spiro atoms.